The third kappa shape index (κ3) is 3.63. The normalized spacial score (nSPS) is 32.3. The summed E-state index contributed by atoms with van der Waals surface area (Å²) in [4.78, 5) is 55.2. The van der Waals surface area contributed by atoms with Gasteiger partial charge < -0.3 is 9.47 Å². The number of hydrogen-bond donors (Lipinski definition) is 0. The molecule has 6 aliphatic rings. The van der Waals surface area contributed by atoms with Gasteiger partial charge in [-0.25, -0.2) is 0 Å². The van der Waals surface area contributed by atoms with Crippen molar-refractivity contribution in [2.75, 3.05) is 9.80 Å². The lowest BCUT2D eigenvalue weighted by Gasteiger charge is -2.18. The highest BCUT2D eigenvalue weighted by molar-refractivity contribution is 6.23. The molecule has 4 amide bonds. The van der Waals surface area contributed by atoms with Crippen LogP contribution in [0.4, 0.5) is 11.4 Å². The van der Waals surface area contributed by atoms with Crippen molar-refractivity contribution in [3.05, 3.63) is 97.1 Å². The van der Waals surface area contributed by atoms with Crippen LogP contribution in [0.25, 0.3) is 0 Å². The second-order valence-electron chi connectivity index (χ2n) is 12.7. The van der Waals surface area contributed by atoms with Gasteiger partial charge in [0.25, 0.3) is 0 Å². The van der Waals surface area contributed by atoms with Crippen LogP contribution in [-0.4, -0.2) is 23.6 Å². The lowest BCUT2D eigenvalue weighted by Crippen LogP contribution is -2.32. The number of fused-ring (bicyclic) bond motifs is 10. The monoisotopic (exact) mass is 584 g/mol. The first-order valence-electron chi connectivity index (χ1n) is 15.2. The van der Waals surface area contributed by atoms with Crippen molar-refractivity contribution in [1.82, 2.24) is 0 Å². The molecular formula is C36H28N2O6. The van der Waals surface area contributed by atoms with Gasteiger partial charge in [0.1, 0.15) is 23.0 Å². The Labute approximate surface area is 253 Å². The Morgan fingerprint density at radius 1 is 0.455 bits per heavy atom. The van der Waals surface area contributed by atoms with Gasteiger partial charge in [0.05, 0.1) is 35.0 Å². The molecule has 218 valence electrons. The van der Waals surface area contributed by atoms with Crippen molar-refractivity contribution < 1.29 is 28.7 Å². The topological polar surface area (TPSA) is 93.2 Å². The number of nitrogens with zero attached hydrogens (tertiary/aromatic N) is 2. The Kier molecular flexibility index (Phi) is 5.37. The van der Waals surface area contributed by atoms with Gasteiger partial charge in [0.15, 0.2) is 0 Å². The van der Waals surface area contributed by atoms with Gasteiger partial charge in [-0.05, 0) is 97.2 Å². The van der Waals surface area contributed by atoms with E-state index < -0.39 is 0 Å². The van der Waals surface area contributed by atoms with E-state index >= 15 is 0 Å². The molecule has 0 unspecified atom stereocenters. The van der Waals surface area contributed by atoms with Crippen molar-refractivity contribution in [3.63, 3.8) is 0 Å². The maximum absolute atomic E-state index is 13.1. The molecule has 4 fully saturated rings. The van der Waals surface area contributed by atoms with Crippen molar-refractivity contribution >= 4 is 35.0 Å². The van der Waals surface area contributed by atoms with Gasteiger partial charge >= 0.3 is 0 Å². The summed E-state index contributed by atoms with van der Waals surface area (Å²) in [5.41, 5.74) is 1.12. The third-order valence-electron chi connectivity index (χ3n) is 10.4. The molecule has 9 rings (SSSR count). The van der Waals surface area contributed by atoms with Crippen molar-refractivity contribution in [2.24, 2.45) is 47.3 Å². The summed E-state index contributed by atoms with van der Waals surface area (Å²) in [6.07, 6.45) is 10.2. The lowest BCUT2D eigenvalue weighted by atomic mass is 9.85. The van der Waals surface area contributed by atoms with Crippen LogP contribution in [0.5, 0.6) is 23.0 Å². The van der Waals surface area contributed by atoms with Crippen LogP contribution in [0.15, 0.2) is 97.1 Å². The fourth-order valence-corrected chi connectivity index (χ4v) is 8.51. The quantitative estimate of drug-likeness (QED) is 0.265. The average molecular weight is 585 g/mol. The van der Waals surface area contributed by atoms with Gasteiger partial charge in [-0.15, -0.1) is 0 Å². The summed E-state index contributed by atoms with van der Waals surface area (Å²) in [5, 5.41) is 0. The molecule has 4 bridgehead atoms. The van der Waals surface area contributed by atoms with E-state index in [1.807, 2.05) is 18.2 Å². The fraction of sp³-hybridized carbons (Fsp3) is 0.278. The maximum Gasteiger partial charge on any atom is 0.238 e. The lowest BCUT2D eigenvalue weighted by molar-refractivity contribution is -0.124. The highest BCUT2D eigenvalue weighted by atomic mass is 16.5. The van der Waals surface area contributed by atoms with Crippen LogP contribution in [0, 0.1) is 47.3 Å². The van der Waals surface area contributed by atoms with E-state index in [-0.39, 0.29) is 71.0 Å². The largest absolute Gasteiger partial charge is 0.457 e. The number of rotatable bonds is 6. The second-order valence-corrected chi connectivity index (χ2v) is 12.7. The minimum atomic E-state index is -0.232. The summed E-state index contributed by atoms with van der Waals surface area (Å²) in [7, 11) is 0. The van der Waals surface area contributed by atoms with Gasteiger partial charge in [-0.3, -0.25) is 29.0 Å². The van der Waals surface area contributed by atoms with Crippen LogP contribution in [0.3, 0.4) is 0 Å². The molecule has 44 heavy (non-hydrogen) atoms. The molecule has 2 saturated carbocycles. The Hall–Kier alpha value is -4.98. The first kappa shape index (κ1) is 25.5. The molecule has 8 atom stereocenters. The number of carbonyl (C=O) groups excluding carboxylic acids is 4. The summed E-state index contributed by atoms with van der Waals surface area (Å²) in [5.74, 6) is 1.59. The molecule has 4 aliphatic carbocycles. The van der Waals surface area contributed by atoms with E-state index in [1.54, 1.807) is 54.6 Å². The predicted octanol–water partition coefficient (Wildman–Crippen LogP) is 5.89. The first-order chi connectivity index (χ1) is 21.4. The molecule has 3 aromatic carbocycles. The molecule has 2 saturated heterocycles. The van der Waals surface area contributed by atoms with Crippen LogP contribution < -0.4 is 19.3 Å². The average Bonchev–Trinajstić information content (AvgIpc) is 3.88. The van der Waals surface area contributed by atoms with Gasteiger partial charge in [0, 0.05) is 6.07 Å². The number of hydrogen-bond acceptors (Lipinski definition) is 6. The second kappa shape index (κ2) is 9.26. The highest BCUT2D eigenvalue weighted by Gasteiger charge is 2.60. The molecule has 3 aromatic rings. The first-order valence-corrected chi connectivity index (χ1v) is 15.2. The number of benzene rings is 3. The molecule has 0 spiro atoms. The van der Waals surface area contributed by atoms with Crippen LogP contribution >= 0.6 is 0 Å². The molecule has 2 aliphatic heterocycles. The third-order valence-corrected chi connectivity index (χ3v) is 10.4. The smallest absolute Gasteiger partial charge is 0.238 e. The van der Waals surface area contributed by atoms with Crippen molar-refractivity contribution in [1.29, 1.82) is 0 Å². The number of amides is 4. The Balaban J connectivity index is 0.864. The molecule has 2 heterocycles. The Morgan fingerprint density at radius 2 is 0.795 bits per heavy atom. The fourth-order valence-electron chi connectivity index (χ4n) is 8.51. The zero-order chi connectivity index (χ0) is 29.7. The van der Waals surface area contributed by atoms with E-state index in [1.165, 1.54) is 9.80 Å². The number of allylic oxidation sites excluding steroid dienone is 4. The summed E-state index contributed by atoms with van der Waals surface area (Å²) in [6, 6.07) is 21.2. The standard InChI is InChI=1S/C36H28N2O6/c39-33-29-19-4-5-20(16-19)30(29)34(40)37(33)23-8-12-25(13-9-23)43-27-2-1-3-28(18-27)44-26-14-10-24(11-15-26)38-35(41)31-21-6-7-22(17-21)32(31)36(38)42/h1-15,18-22,29-32H,16-17H2/t19-,20-,21-,22-,29-,30+,31-,32+/m0/s1. The minimum absolute atomic E-state index is 0.103. The summed E-state index contributed by atoms with van der Waals surface area (Å²) >= 11 is 0. The maximum atomic E-state index is 13.1. The molecule has 0 aromatic heterocycles. The Morgan fingerprint density at radius 3 is 1.14 bits per heavy atom. The van der Waals surface area contributed by atoms with E-state index in [2.05, 4.69) is 24.3 Å². The van der Waals surface area contributed by atoms with Gasteiger partial charge in [-0.2, -0.15) is 0 Å². The van der Waals surface area contributed by atoms with E-state index in [4.69, 9.17) is 9.47 Å². The van der Waals surface area contributed by atoms with Crippen molar-refractivity contribution in [2.45, 2.75) is 12.8 Å². The Bertz CT molecular complexity index is 1620. The molecular weight excluding hydrogens is 556 g/mol. The van der Waals surface area contributed by atoms with Gasteiger partial charge in [0.2, 0.25) is 23.6 Å². The van der Waals surface area contributed by atoms with Crippen molar-refractivity contribution in [3.8, 4) is 23.0 Å². The number of anilines is 2. The van der Waals surface area contributed by atoms with Crippen LogP contribution in [0.1, 0.15) is 12.8 Å². The van der Waals surface area contributed by atoms with E-state index in [9.17, 15) is 19.2 Å². The molecule has 0 radical (unpaired) electrons. The molecule has 0 N–H and O–H groups in total. The predicted molar refractivity (Wildman–Crippen MR) is 160 cm³/mol. The van der Waals surface area contributed by atoms with Crippen LogP contribution in [0.2, 0.25) is 0 Å². The van der Waals surface area contributed by atoms with E-state index in [0.717, 1.165) is 12.8 Å². The minimum Gasteiger partial charge on any atom is -0.457 e. The number of imide groups is 2. The number of carbonyl (C=O) groups is 4. The zero-order valence-electron chi connectivity index (χ0n) is 23.6. The molecule has 8 heteroatoms. The highest BCUT2D eigenvalue weighted by Crippen LogP contribution is 2.54. The van der Waals surface area contributed by atoms with Crippen LogP contribution in [-0.2, 0) is 19.2 Å². The summed E-state index contributed by atoms with van der Waals surface area (Å²) < 4.78 is 12.1. The van der Waals surface area contributed by atoms with E-state index in [0.29, 0.717) is 34.4 Å². The van der Waals surface area contributed by atoms with Gasteiger partial charge in [-0.1, -0.05) is 30.4 Å². The SMILES string of the molecule is O=C1[C@@H]2[C@H](C(=O)N1c1ccc(Oc3cccc(Oc4ccc(N5C(=O)[C@@H]6[C@H](C5=O)[C@H]5C=C[C@H]6C5)cc4)c3)cc1)[C@H]1C=C[C@H]2C1. The zero-order valence-corrected chi connectivity index (χ0v) is 23.6. The molecule has 8 nitrogen and oxygen atoms in total. The number of ether oxygens (including phenoxy) is 2. The summed E-state index contributed by atoms with van der Waals surface area (Å²) in [6.45, 7) is 0.